The molecule has 0 saturated carbocycles. The molecule has 3 aromatic carbocycles. The van der Waals surface area contributed by atoms with Gasteiger partial charge in [0.25, 0.3) is 10.0 Å². The molecule has 0 aliphatic carbocycles. The maximum Gasteiger partial charge on any atom is 0.261 e. The summed E-state index contributed by atoms with van der Waals surface area (Å²) < 4.78 is 27.8. The van der Waals surface area contributed by atoms with E-state index in [2.05, 4.69) is 18.6 Å². The van der Waals surface area contributed by atoms with Crippen LogP contribution in [0.1, 0.15) is 31.7 Å². The summed E-state index contributed by atoms with van der Waals surface area (Å²) in [6, 6.07) is 20.5. The molecule has 1 atom stereocenters. The quantitative estimate of drug-likeness (QED) is 0.698. The summed E-state index contributed by atoms with van der Waals surface area (Å²) in [4.78, 5) is 0.280. The molecule has 4 heteroatoms. The Kier molecular flexibility index (Phi) is 4.58. The van der Waals surface area contributed by atoms with Crippen molar-refractivity contribution in [3.05, 3.63) is 72.3 Å². The Bertz CT molecular complexity index is 947. The van der Waals surface area contributed by atoms with Crippen LogP contribution in [0.4, 0.5) is 5.69 Å². The SMILES string of the molecule is CCC(C)c1ccc(S(=O)(=O)Nc2ccc3ccccc3c2)cc1. The summed E-state index contributed by atoms with van der Waals surface area (Å²) in [6.45, 7) is 4.26. The molecule has 3 rings (SSSR count). The van der Waals surface area contributed by atoms with Crippen molar-refractivity contribution in [2.75, 3.05) is 4.72 Å². The number of anilines is 1. The lowest BCUT2D eigenvalue weighted by Gasteiger charge is -2.12. The first-order chi connectivity index (χ1) is 11.5. The molecule has 0 bridgehead atoms. The van der Waals surface area contributed by atoms with Crippen molar-refractivity contribution < 1.29 is 8.42 Å². The van der Waals surface area contributed by atoms with Crippen LogP contribution in [0.5, 0.6) is 0 Å². The van der Waals surface area contributed by atoms with E-state index in [0.717, 1.165) is 22.8 Å². The third-order valence-electron chi connectivity index (χ3n) is 4.37. The van der Waals surface area contributed by atoms with Gasteiger partial charge in [0.15, 0.2) is 0 Å². The highest BCUT2D eigenvalue weighted by atomic mass is 32.2. The highest BCUT2D eigenvalue weighted by Gasteiger charge is 2.15. The number of benzene rings is 3. The third kappa shape index (κ3) is 3.44. The normalized spacial score (nSPS) is 12.9. The standard InChI is InChI=1S/C20H21NO2S/c1-3-15(2)16-9-12-20(13-10-16)24(22,23)21-19-11-8-17-6-4-5-7-18(17)14-19/h4-15,21H,3H2,1-2H3. The van der Waals surface area contributed by atoms with E-state index in [9.17, 15) is 8.42 Å². The zero-order valence-electron chi connectivity index (χ0n) is 13.9. The number of fused-ring (bicyclic) bond motifs is 1. The summed E-state index contributed by atoms with van der Waals surface area (Å²) in [5.74, 6) is 0.426. The maximum atomic E-state index is 12.6. The molecule has 3 aromatic rings. The average Bonchev–Trinajstić information content (AvgIpc) is 2.60. The van der Waals surface area contributed by atoms with Crippen LogP contribution in [-0.4, -0.2) is 8.42 Å². The average molecular weight is 339 g/mol. The molecule has 0 fully saturated rings. The van der Waals surface area contributed by atoms with Gasteiger partial charge in [-0.2, -0.15) is 0 Å². The Labute approximate surface area is 143 Å². The van der Waals surface area contributed by atoms with Crippen LogP contribution in [0.2, 0.25) is 0 Å². The summed E-state index contributed by atoms with van der Waals surface area (Å²) in [5, 5.41) is 2.09. The van der Waals surface area contributed by atoms with Gasteiger partial charge in [0.2, 0.25) is 0 Å². The number of hydrogen-bond donors (Lipinski definition) is 1. The van der Waals surface area contributed by atoms with Crippen LogP contribution in [0.3, 0.4) is 0 Å². The van der Waals surface area contributed by atoms with E-state index in [4.69, 9.17) is 0 Å². The van der Waals surface area contributed by atoms with Gasteiger partial charge in [-0.25, -0.2) is 8.42 Å². The van der Waals surface area contributed by atoms with Gasteiger partial charge >= 0.3 is 0 Å². The Morgan fingerprint density at radius 1 is 0.917 bits per heavy atom. The third-order valence-corrected chi connectivity index (χ3v) is 5.77. The second-order valence-corrected chi connectivity index (χ2v) is 7.73. The lowest BCUT2D eigenvalue weighted by molar-refractivity contribution is 0.601. The molecule has 24 heavy (non-hydrogen) atoms. The molecule has 0 aliphatic rings. The highest BCUT2D eigenvalue weighted by molar-refractivity contribution is 7.92. The highest BCUT2D eigenvalue weighted by Crippen LogP contribution is 2.24. The molecule has 0 aliphatic heterocycles. The second-order valence-electron chi connectivity index (χ2n) is 6.05. The first-order valence-corrected chi connectivity index (χ1v) is 9.59. The van der Waals surface area contributed by atoms with E-state index in [1.807, 2.05) is 48.5 Å². The molecule has 1 unspecified atom stereocenters. The molecule has 0 saturated heterocycles. The van der Waals surface area contributed by atoms with Gasteiger partial charge in [-0.1, -0.05) is 56.3 Å². The predicted octanol–water partition coefficient (Wildman–Crippen LogP) is 5.15. The van der Waals surface area contributed by atoms with E-state index in [-0.39, 0.29) is 4.90 Å². The van der Waals surface area contributed by atoms with Gasteiger partial charge in [-0.15, -0.1) is 0 Å². The van der Waals surface area contributed by atoms with Crippen molar-refractivity contribution in [2.45, 2.75) is 31.1 Å². The van der Waals surface area contributed by atoms with Crippen molar-refractivity contribution in [2.24, 2.45) is 0 Å². The van der Waals surface area contributed by atoms with Gasteiger partial charge in [-0.05, 0) is 52.9 Å². The molecule has 0 aromatic heterocycles. The van der Waals surface area contributed by atoms with Crippen LogP contribution in [0.15, 0.2) is 71.6 Å². The van der Waals surface area contributed by atoms with E-state index in [1.165, 1.54) is 0 Å². The Morgan fingerprint density at radius 3 is 2.25 bits per heavy atom. The fourth-order valence-corrected chi connectivity index (χ4v) is 3.73. The van der Waals surface area contributed by atoms with Crippen LogP contribution in [0, 0.1) is 0 Å². The number of sulfonamides is 1. The minimum atomic E-state index is -3.58. The maximum absolute atomic E-state index is 12.6. The largest absolute Gasteiger partial charge is 0.280 e. The van der Waals surface area contributed by atoms with Gasteiger partial charge in [0, 0.05) is 5.69 Å². The Hall–Kier alpha value is -2.33. The van der Waals surface area contributed by atoms with E-state index in [1.54, 1.807) is 18.2 Å². The predicted molar refractivity (Wildman–Crippen MR) is 99.9 cm³/mol. The number of nitrogens with one attached hydrogen (secondary N) is 1. The fraction of sp³-hybridized carbons (Fsp3) is 0.200. The molecule has 124 valence electrons. The van der Waals surface area contributed by atoms with E-state index < -0.39 is 10.0 Å². The Balaban J connectivity index is 1.86. The lowest BCUT2D eigenvalue weighted by Crippen LogP contribution is -2.13. The van der Waals surface area contributed by atoms with Crippen molar-refractivity contribution in [3.8, 4) is 0 Å². The van der Waals surface area contributed by atoms with E-state index in [0.29, 0.717) is 11.6 Å². The molecular weight excluding hydrogens is 318 g/mol. The van der Waals surface area contributed by atoms with Crippen LogP contribution < -0.4 is 4.72 Å². The molecule has 0 amide bonds. The summed E-state index contributed by atoms with van der Waals surface area (Å²) in [6.07, 6.45) is 1.03. The smallest absolute Gasteiger partial charge is 0.261 e. The van der Waals surface area contributed by atoms with Crippen LogP contribution in [-0.2, 0) is 10.0 Å². The van der Waals surface area contributed by atoms with Crippen molar-refractivity contribution >= 4 is 26.5 Å². The molecule has 0 radical (unpaired) electrons. The second kappa shape index (κ2) is 6.65. The summed E-state index contributed by atoms with van der Waals surface area (Å²) in [5.41, 5.74) is 1.72. The molecular formula is C20H21NO2S. The van der Waals surface area contributed by atoms with E-state index >= 15 is 0 Å². The molecule has 0 heterocycles. The zero-order chi connectivity index (χ0) is 17.2. The van der Waals surface area contributed by atoms with Crippen molar-refractivity contribution in [3.63, 3.8) is 0 Å². The first kappa shape index (κ1) is 16.5. The first-order valence-electron chi connectivity index (χ1n) is 8.11. The Morgan fingerprint density at radius 2 is 1.58 bits per heavy atom. The zero-order valence-corrected chi connectivity index (χ0v) is 14.7. The summed E-state index contributed by atoms with van der Waals surface area (Å²) >= 11 is 0. The lowest BCUT2D eigenvalue weighted by atomic mass is 9.99. The minimum Gasteiger partial charge on any atom is -0.280 e. The molecule has 3 nitrogen and oxygen atoms in total. The molecule has 0 spiro atoms. The van der Waals surface area contributed by atoms with Gasteiger partial charge in [0.1, 0.15) is 0 Å². The minimum absolute atomic E-state index is 0.280. The summed E-state index contributed by atoms with van der Waals surface area (Å²) in [7, 11) is -3.58. The van der Waals surface area contributed by atoms with Crippen LogP contribution >= 0.6 is 0 Å². The van der Waals surface area contributed by atoms with Crippen molar-refractivity contribution in [1.29, 1.82) is 0 Å². The monoisotopic (exact) mass is 339 g/mol. The van der Waals surface area contributed by atoms with Gasteiger partial charge in [-0.3, -0.25) is 4.72 Å². The van der Waals surface area contributed by atoms with Gasteiger partial charge in [0.05, 0.1) is 4.90 Å². The topological polar surface area (TPSA) is 46.2 Å². The van der Waals surface area contributed by atoms with Crippen molar-refractivity contribution in [1.82, 2.24) is 0 Å². The van der Waals surface area contributed by atoms with Crippen LogP contribution in [0.25, 0.3) is 10.8 Å². The number of rotatable bonds is 5. The number of hydrogen-bond acceptors (Lipinski definition) is 2. The van der Waals surface area contributed by atoms with Gasteiger partial charge < -0.3 is 0 Å². The fourth-order valence-electron chi connectivity index (χ4n) is 2.68. The molecule has 1 N–H and O–H groups in total.